The number of halogens is 1. The van der Waals surface area contributed by atoms with E-state index in [-0.39, 0.29) is 19.1 Å². The van der Waals surface area contributed by atoms with E-state index < -0.39 is 5.97 Å². The van der Waals surface area contributed by atoms with Gasteiger partial charge in [-0.15, -0.1) is 0 Å². The van der Waals surface area contributed by atoms with E-state index in [0.29, 0.717) is 16.1 Å². The molecular formula is C15H13ClN2O3. The third-order valence-corrected chi connectivity index (χ3v) is 2.97. The van der Waals surface area contributed by atoms with Crippen LogP contribution in [0.2, 0.25) is 5.02 Å². The molecule has 21 heavy (non-hydrogen) atoms. The van der Waals surface area contributed by atoms with Crippen molar-refractivity contribution in [3.8, 4) is 0 Å². The molecule has 0 fully saturated rings. The number of hydrogen-bond acceptors (Lipinski definition) is 4. The summed E-state index contributed by atoms with van der Waals surface area (Å²) in [6.45, 7) is 0.278. The number of carbonyl (C=O) groups is 2. The summed E-state index contributed by atoms with van der Waals surface area (Å²) in [5.74, 6) is -0.784. The van der Waals surface area contributed by atoms with Gasteiger partial charge in [0.05, 0.1) is 22.7 Å². The second kappa shape index (κ2) is 7.40. The SMILES string of the molecule is O=C(NCCOC(=O)c1ccccc1Cl)c1cccnc1. The molecule has 1 heterocycles. The summed E-state index contributed by atoms with van der Waals surface area (Å²) in [4.78, 5) is 27.3. The summed E-state index contributed by atoms with van der Waals surface area (Å²) < 4.78 is 5.04. The van der Waals surface area contributed by atoms with Gasteiger partial charge >= 0.3 is 5.97 Å². The zero-order valence-electron chi connectivity index (χ0n) is 11.1. The maximum Gasteiger partial charge on any atom is 0.339 e. The van der Waals surface area contributed by atoms with Gasteiger partial charge in [-0.1, -0.05) is 23.7 Å². The van der Waals surface area contributed by atoms with E-state index in [4.69, 9.17) is 16.3 Å². The van der Waals surface area contributed by atoms with Crippen molar-refractivity contribution in [2.24, 2.45) is 0 Å². The van der Waals surface area contributed by atoms with Crippen LogP contribution in [0.3, 0.4) is 0 Å². The molecule has 6 heteroatoms. The Bertz CT molecular complexity index is 632. The smallest absolute Gasteiger partial charge is 0.339 e. The Morgan fingerprint density at radius 2 is 2.00 bits per heavy atom. The lowest BCUT2D eigenvalue weighted by molar-refractivity contribution is 0.0503. The number of carbonyl (C=O) groups excluding carboxylic acids is 2. The topological polar surface area (TPSA) is 68.3 Å². The molecule has 1 amide bonds. The second-order valence-corrected chi connectivity index (χ2v) is 4.52. The van der Waals surface area contributed by atoms with Gasteiger partial charge in [0.2, 0.25) is 0 Å². The van der Waals surface area contributed by atoms with Crippen LogP contribution < -0.4 is 5.32 Å². The van der Waals surface area contributed by atoms with E-state index in [0.717, 1.165) is 0 Å². The molecule has 0 saturated carbocycles. The van der Waals surface area contributed by atoms with Crippen LogP contribution in [0, 0.1) is 0 Å². The predicted molar refractivity (Wildman–Crippen MR) is 78.3 cm³/mol. The Labute approximate surface area is 126 Å². The quantitative estimate of drug-likeness (QED) is 0.680. The molecule has 1 N–H and O–H groups in total. The zero-order valence-corrected chi connectivity index (χ0v) is 11.8. The fraction of sp³-hybridized carbons (Fsp3) is 0.133. The van der Waals surface area contributed by atoms with Gasteiger partial charge < -0.3 is 10.1 Å². The first-order valence-corrected chi connectivity index (χ1v) is 6.66. The van der Waals surface area contributed by atoms with Crippen molar-refractivity contribution < 1.29 is 14.3 Å². The lowest BCUT2D eigenvalue weighted by Gasteiger charge is -2.07. The van der Waals surface area contributed by atoms with Crippen LogP contribution in [0.25, 0.3) is 0 Å². The lowest BCUT2D eigenvalue weighted by Crippen LogP contribution is -2.28. The highest BCUT2D eigenvalue weighted by molar-refractivity contribution is 6.33. The third-order valence-electron chi connectivity index (χ3n) is 2.64. The number of nitrogens with one attached hydrogen (secondary N) is 1. The van der Waals surface area contributed by atoms with Crippen molar-refractivity contribution in [1.29, 1.82) is 0 Å². The van der Waals surface area contributed by atoms with Gasteiger partial charge in [-0.3, -0.25) is 9.78 Å². The number of aromatic nitrogens is 1. The number of esters is 1. The second-order valence-electron chi connectivity index (χ2n) is 4.11. The van der Waals surface area contributed by atoms with E-state index in [1.54, 1.807) is 42.6 Å². The molecule has 0 unspecified atom stereocenters. The first-order valence-electron chi connectivity index (χ1n) is 6.28. The Morgan fingerprint density at radius 1 is 1.19 bits per heavy atom. The fourth-order valence-corrected chi connectivity index (χ4v) is 1.82. The number of hydrogen-bond donors (Lipinski definition) is 1. The molecule has 2 rings (SSSR count). The Kier molecular flexibility index (Phi) is 5.29. The minimum Gasteiger partial charge on any atom is -0.460 e. The van der Waals surface area contributed by atoms with E-state index in [1.807, 2.05) is 0 Å². The van der Waals surface area contributed by atoms with Crippen LogP contribution in [0.5, 0.6) is 0 Å². The van der Waals surface area contributed by atoms with Crippen molar-refractivity contribution in [3.05, 3.63) is 64.9 Å². The van der Waals surface area contributed by atoms with Crippen molar-refractivity contribution in [2.45, 2.75) is 0 Å². The van der Waals surface area contributed by atoms with Crippen LogP contribution in [-0.2, 0) is 4.74 Å². The number of pyridine rings is 1. The maximum absolute atomic E-state index is 11.8. The molecule has 2 aromatic rings. The molecule has 0 bridgehead atoms. The van der Waals surface area contributed by atoms with E-state index in [2.05, 4.69) is 10.3 Å². The van der Waals surface area contributed by atoms with Gasteiger partial charge in [0, 0.05) is 12.4 Å². The molecule has 0 spiro atoms. The molecule has 108 valence electrons. The molecule has 0 atom stereocenters. The Morgan fingerprint density at radius 3 is 2.71 bits per heavy atom. The number of benzene rings is 1. The van der Waals surface area contributed by atoms with E-state index in [9.17, 15) is 9.59 Å². The third kappa shape index (κ3) is 4.29. The number of amides is 1. The molecule has 0 radical (unpaired) electrons. The lowest BCUT2D eigenvalue weighted by atomic mass is 10.2. The molecule has 0 saturated heterocycles. The monoisotopic (exact) mass is 304 g/mol. The Balaban J connectivity index is 1.76. The van der Waals surface area contributed by atoms with Gasteiger partial charge in [-0.05, 0) is 24.3 Å². The van der Waals surface area contributed by atoms with Crippen molar-refractivity contribution >= 4 is 23.5 Å². The number of rotatable bonds is 5. The largest absolute Gasteiger partial charge is 0.460 e. The summed E-state index contributed by atoms with van der Waals surface area (Å²) in [6, 6.07) is 9.95. The number of nitrogens with zero attached hydrogens (tertiary/aromatic N) is 1. The van der Waals surface area contributed by atoms with Crippen LogP contribution in [0.4, 0.5) is 0 Å². The van der Waals surface area contributed by atoms with Crippen LogP contribution >= 0.6 is 11.6 Å². The standard InChI is InChI=1S/C15H13ClN2O3/c16-13-6-2-1-5-12(13)15(20)21-9-8-18-14(19)11-4-3-7-17-10-11/h1-7,10H,8-9H2,(H,18,19). The average molecular weight is 305 g/mol. The first kappa shape index (κ1) is 15.0. The molecule has 1 aromatic heterocycles. The summed E-state index contributed by atoms with van der Waals surface area (Å²) in [5.41, 5.74) is 0.757. The summed E-state index contributed by atoms with van der Waals surface area (Å²) in [6.07, 6.45) is 3.05. The highest BCUT2D eigenvalue weighted by Crippen LogP contribution is 2.15. The molecule has 5 nitrogen and oxygen atoms in total. The van der Waals surface area contributed by atoms with Gasteiger partial charge in [-0.25, -0.2) is 4.79 Å². The van der Waals surface area contributed by atoms with Gasteiger partial charge in [0.15, 0.2) is 0 Å². The van der Waals surface area contributed by atoms with Gasteiger partial charge in [0.1, 0.15) is 6.61 Å². The summed E-state index contributed by atoms with van der Waals surface area (Å²) >= 11 is 5.88. The molecule has 0 aliphatic heterocycles. The molecule has 1 aromatic carbocycles. The minimum atomic E-state index is -0.517. The zero-order chi connectivity index (χ0) is 15.1. The minimum absolute atomic E-state index is 0.0655. The highest BCUT2D eigenvalue weighted by Gasteiger charge is 2.11. The first-order chi connectivity index (χ1) is 10.2. The summed E-state index contributed by atoms with van der Waals surface area (Å²) in [5, 5.41) is 2.97. The Hall–Kier alpha value is -2.40. The van der Waals surface area contributed by atoms with Crippen molar-refractivity contribution in [2.75, 3.05) is 13.2 Å². The molecular weight excluding hydrogens is 292 g/mol. The fourth-order valence-electron chi connectivity index (χ4n) is 1.61. The normalized spacial score (nSPS) is 9.95. The predicted octanol–water partition coefficient (Wildman–Crippen LogP) is 2.32. The average Bonchev–Trinajstić information content (AvgIpc) is 2.52. The van der Waals surface area contributed by atoms with Crippen LogP contribution in [0.15, 0.2) is 48.8 Å². The van der Waals surface area contributed by atoms with Crippen LogP contribution in [0.1, 0.15) is 20.7 Å². The van der Waals surface area contributed by atoms with Gasteiger partial charge in [0.25, 0.3) is 5.91 Å². The number of ether oxygens (including phenoxy) is 1. The van der Waals surface area contributed by atoms with Crippen molar-refractivity contribution in [1.82, 2.24) is 10.3 Å². The summed E-state index contributed by atoms with van der Waals surface area (Å²) in [7, 11) is 0. The van der Waals surface area contributed by atoms with Gasteiger partial charge in [-0.2, -0.15) is 0 Å². The molecule has 0 aliphatic rings. The molecule has 0 aliphatic carbocycles. The van der Waals surface area contributed by atoms with E-state index >= 15 is 0 Å². The maximum atomic E-state index is 11.8. The van der Waals surface area contributed by atoms with Crippen LogP contribution in [-0.4, -0.2) is 30.0 Å². The highest BCUT2D eigenvalue weighted by atomic mass is 35.5. The van der Waals surface area contributed by atoms with Crippen molar-refractivity contribution in [3.63, 3.8) is 0 Å². The van der Waals surface area contributed by atoms with E-state index in [1.165, 1.54) is 6.20 Å².